The number of hydrogen-bond donors (Lipinski definition) is 1. The fourth-order valence-electron chi connectivity index (χ4n) is 1.63. The molecule has 4 heteroatoms. The van der Waals surface area contributed by atoms with E-state index in [9.17, 15) is 0 Å². The van der Waals surface area contributed by atoms with Crippen molar-refractivity contribution in [2.75, 3.05) is 26.6 Å². The summed E-state index contributed by atoms with van der Waals surface area (Å²) in [5, 5.41) is 3.47. The molecule has 4 nitrogen and oxygen atoms in total. The first-order valence-electron chi connectivity index (χ1n) is 6.40. The predicted octanol–water partition coefficient (Wildman–Crippen LogP) is 3.56. The van der Waals surface area contributed by atoms with E-state index in [1.54, 1.807) is 21.3 Å². The van der Waals surface area contributed by atoms with Crippen LogP contribution < -0.4 is 19.5 Å². The van der Waals surface area contributed by atoms with E-state index in [-0.39, 0.29) is 5.41 Å². The zero-order valence-corrected chi connectivity index (χ0v) is 13.0. The maximum atomic E-state index is 5.34. The summed E-state index contributed by atoms with van der Waals surface area (Å²) in [6.45, 7) is 8.75. The number of ether oxygens (including phenoxy) is 3. The highest BCUT2D eigenvalue weighted by Gasteiger charge is 2.21. The van der Waals surface area contributed by atoms with Crippen LogP contribution in [0.4, 0.5) is 5.69 Å². The standard InChI is InChI=1S/C15H25NO3/c1-10(15(2,3)4)16-11-8-12(17-5)14(19-7)13(9-11)18-6/h8-10,16H,1-7H3. The first-order chi connectivity index (χ1) is 8.83. The van der Waals surface area contributed by atoms with Gasteiger partial charge in [0.25, 0.3) is 0 Å². The molecular formula is C15H25NO3. The summed E-state index contributed by atoms with van der Waals surface area (Å²) in [7, 11) is 4.84. The zero-order chi connectivity index (χ0) is 14.6. The molecule has 0 radical (unpaired) electrons. The summed E-state index contributed by atoms with van der Waals surface area (Å²) in [6, 6.07) is 4.16. The number of hydrogen-bond acceptors (Lipinski definition) is 4. The molecule has 0 aliphatic carbocycles. The quantitative estimate of drug-likeness (QED) is 0.885. The van der Waals surface area contributed by atoms with Crippen molar-refractivity contribution in [1.29, 1.82) is 0 Å². The average Bonchev–Trinajstić information content (AvgIpc) is 2.36. The third kappa shape index (κ3) is 3.69. The van der Waals surface area contributed by atoms with E-state index in [0.717, 1.165) is 5.69 Å². The monoisotopic (exact) mass is 267 g/mol. The largest absolute Gasteiger partial charge is 0.493 e. The number of anilines is 1. The van der Waals surface area contributed by atoms with E-state index in [2.05, 4.69) is 33.0 Å². The van der Waals surface area contributed by atoms with Crippen molar-refractivity contribution in [1.82, 2.24) is 0 Å². The van der Waals surface area contributed by atoms with Gasteiger partial charge < -0.3 is 19.5 Å². The van der Waals surface area contributed by atoms with Gasteiger partial charge >= 0.3 is 0 Å². The van der Waals surface area contributed by atoms with E-state index in [0.29, 0.717) is 23.3 Å². The molecule has 0 aromatic heterocycles. The molecule has 1 N–H and O–H groups in total. The lowest BCUT2D eigenvalue weighted by Crippen LogP contribution is -2.30. The first kappa shape index (κ1) is 15.5. The van der Waals surface area contributed by atoms with Crippen LogP contribution in [0.5, 0.6) is 17.2 Å². The lowest BCUT2D eigenvalue weighted by molar-refractivity contribution is 0.324. The molecule has 0 bridgehead atoms. The lowest BCUT2D eigenvalue weighted by Gasteiger charge is -2.29. The van der Waals surface area contributed by atoms with Crippen LogP contribution in [0.2, 0.25) is 0 Å². The molecule has 0 heterocycles. The Balaban J connectivity index is 3.10. The van der Waals surface area contributed by atoms with Crippen LogP contribution in [0.15, 0.2) is 12.1 Å². The Kier molecular flexibility index (Phi) is 4.92. The summed E-state index contributed by atoms with van der Waals surface area (Å²) < 4.78 is 16.0. The molecule has 1 aromatic carbocycles. The van der Waals surface area contributed by atoms with Crippen molar-refractivity contribution in [2.24, 2.45) is 5.41 Å². The van der Waals surface area contributed by atoms with Crippen molar-refractivity contribution in [3.05, 3.63) is 12.1 Å². The molecule has 0 fully saturated rings. The molecule has 0 amide bonds. The molecule has 0 aliphatic rings. The molecule has 0 saturated heterocycles. The van der Waals surface area contributed by atoms with Gasteiger partial charge in [-0.15, -0.1) is 0 Å². The minimum absolute atomic E-state index is 0.167. The molecule has 108 valence electrons. The fourth-order valence-corrected chi connectivity index (χ4v) is 1.63. The van der Waals surface area contributed by atoms with E-state index >= 15 is 0 Å². The van der Waals surface area contributed by atoms with Gasteiger partial charge in [-0.1, -0.05) is 20.8 Å². The Morgan fingerprint density at radius 2 is 1.42 bits per heavy atom. The van der Waals surface area contributed by atoms with Crippen molar-refractivity contribution in [2.45, 2.75) is 33.7 Å². The summed E-state index contributed by atoms with van der Waals surface area (Å²) in [4.78, 5) is 0. The minimum atomic E-state index is 0.167. The number of methoxy groups -OCH3 is 3. The topological polar surface area (TPSA) is 39.7 Å². The van der Waals surface area contributed by atoms with E-state index in [1.165, 1.54) is 0 Å². The van der Waals surface area contributed by atoms with Crippen LogP contribution in [0.1, 0.15) is 27.7 Å². The van der Waals surface area contributed by atoms with Crippen LogP contribution >= 0.6 is 0 Å². The third-order valence-corrected chi connectivity index (χ3v) is 3.35. The highest BCUT2D eigenvalue weighted by Crippen LogP contribution is 2.40. The summed E-state index contributed by atoms with van der Waals surface area (Å²) in [5.74, 6) is 1.93. The second-order valence-corrected chi connectivity index (χ2v) is 5.65. The van der Waals surface area contributed by atoms with Gasteiger partial charge in [0.15, 0.2) is 11.5 Å². The lowest BCUT2D eigenvalue weighted by atomic mass is 9.88. The molecule has 19 heavy (non-hydrogen) atoms. The van der Waals surface area contributed by atoms with Gasteiger partial charge in [-0.05, 0) is 12.3 Å². The Bertz CT molecular complexity index is 399. The van der Waals surface area contributed by atoms with Crippen molar-refractivity contribution in [3.8, 4) is 17.2 Å². The molecule has 1 aromatic rings. The Morgan fingerprint density at radius 3 is 1.74 bits per heavy atom. The van der Waals surface area contributed by atoms with Crippen LogP contribution in [0, 0.1) is 5.41 Å². The molecule has 1 unspecified atom stereocenters. The van der Waals surface area contributed by atoms with Crippen molar-refractivity contribution in [3.63, 3.8) is 0 Å². The van der Waals surface area contributed by atoms with Crippen molar-refractivity contribution < 1.29 is 14.2 Å². The van der Waals surface area contributed by atoms with Crippen LogP contribution in [0.25, 0.3) is 0 Å². The summed E-state index contributed by atoms with van der Waals surface area (Å²) in [6.07, 6.45) is 0. The Labute approximate surface area is 116 Å². The second kappa shape index (κ2) is 6.04. The third-order valence-electron chi connectivity index (χ3n) is 3.35. The molecule has 0 aliphatic heterocycles. The maximum absolute atomic E-state index is 5.34. The maximum Gasteiger partial charge on any atom is 0.203 e. The SMILES string of the molecule is COc1cc(NC(C)C(C)(C)C)cc(OC)c1OC. The van der Waals surface area contributed by atoms with Gasteiger partial charge in [0.05, 0.1) is 21.3 Å². The van der Waals surface area contributed by atoms with Gasteiger partial charge in [-0.3, -0.25) is 0 Å². The highest BCUT2D eigenvalue weighted by atomic mass is 16.5. The van der Waals surface area contributed by atoms with Crippen LogP contribution in [0.3, 0.4) is 0 Å². The summed E-state index contributed by atoms with van der Waals surface area (Å²) in [5.41, 5.74) is 1.12. The van der Waals surface area contributed by atoms with Crippen LogP contribution in [-0.4, -0.2) is 27.4 Å². The zero-order valence-electron chi connectivity index (χ0n) is 13.0. The van der Waals surface area contributed by atoms with Gasteiger partial charge in [0.2, 0.25) is 5.75 Å². The normalized spacial score (nSPS) is 12.8. The van der Waals surface area contributed by atoms with E-state index in [1.807, 2.05) is 12.1 Å². The minimum Gasteiger partial charge on any atom is -0.493 e. The summed E-state index contributed by atoms with van der Waals surface area (Å²) >= 11 is 0. The second-order valence-electron chi connectivity index (χ2n) is 5.65. The Morgan fingerprint density at radius 1 is 0.947 bits per heavy atom. The van der Waals surface area contributed by atoms with E-state index in [4.69, 9.17) is 14.2 Å². The molecule has 1 rings (SSSR count). The van der Waals surface area contributed by atoms with Crippen LogP contribution in [-0.2, 0) is 0 Å². The number of benzene rings is 1. The Hall–Kier alpha value is -1.58. The van der Waals surface area contributed by atoms with Gasteiger partial charge in [-0.25, -0.2) is 0 Å². The number of rotatable bonds is 5. The fraction of sp³-hybridized carbons (Fsp3) is 0.600. The molecule has 0 spiro atoms. The van der Waals surface area contributed by atoms with Gasteiger partial charge in [0, 0.05) is 23.9 Å². The van der Waals surface area contributed by atoms with Gasteiger partial charge in [-0.2, -0.15) is 0 Å². The predicted molar refractivity (Wildman–Crippen MR) is 78.6 cm³/mol. The highest BCUT2D eigenvalue weighted by molar-refractivity contribution is 5.62. The molecule has 1 atom stereocenters. The average molecular weight is 267 g/mol. The van der Waals surface area contributed by atoms with Gasteiger partial charge in [0.1, 0.15) is 0 Å². The van der Waals surface area contributed by atoms with E-state index < -0.39 is 0 Å². The molecule has 0 saturated carbocycles. The smallest absolute Gasteiger partial charge is 0.203 e. The molecular weight excluding hydrogens is 242 g/mol. The number of nitrogens with one attached hydrogen (secondary N) is 1. The first-order valence-corrected chi connectivity index (χ1v) is 6.40. The van der Waals surface area contributed by atoms with Crippen molar-refractivity contribution >= 4 is 5.69 Å².